The Morgan fingerprint density at radius 1 is 1.20 bits per heavy atom. The number of rotatable bonds is 4. The van der Waals surface area contributed by atoms with Gasteiger partial charge in [0.25, 0.3) is 0 Å². The van der Waals surface area contributed by atoms with Crippen molar-refractivity contribution in [1.82, 2.24) is 10.2 Å². The monoisotopic (exact) mass is 410 g/mol. The van der Waals surface area contributed by atoms with E-state index < -0.39 is 0 Å². The summed E-state index contributed by atoms with van der Waals surface area (Å²) in [5, 5.41) is 3.30. The molecule has 4 nitrogen and oxygen atoms in total. The van der Waals surface area contributed by atoms with E-state index in [1.54, 1.807) is 6.07 Å². The van der Waals surface area contributed by atoms with E-state index in [9.17, 15) is 9.18 Å². The second kappa shape index (κ2) is 8.38. The molecule has 160 valence electrons. The number of piperidine rings is 1. The van der Waals surface area contributed by atoms with Gasteiger partial charge in [0.2, 0.25) is 5.91 Å². The largest absolute Gasteiger partial charge is 0.487 e. The molecule has 2 heterocycles. The lowest BCUT2D eigenvalue weighted by Gasteiger charge is -2.39. The van der Waals surface area contributed by atoms with E-state index >= 15 is 0 Å². The third-order valence-corrected chi connectivity index (χ3v) is 6.25. The summed E-state index contributed by atoms with van der Waals surface area (Å²) in [4.78, 5) is 15.3. The van der Waals surface area contributed by atoms with Gasteiger partial charge in [-0.1, -0.05) is 35.9 Å². The summed E-state index contributed by atoms with van der Waals surface area (Å²) in [7, 11) is 0. The minimum absolute atomic E-state index is 0.00101. The van der Waals surface area contributed by atoms with E-state index in [-0.39, 0.29) is 29.3 Å². The second-order valence-electron chi connectivity index (χ2n) is 9.31. The summed E-state index contributed by atoms with van der Waals surface area (Å²) in [6.07, 6.45) is 2.35. The number of carbonyl (C=O) groups is 1. The lowest BCUT2D eigenvalue weighted by molar-refractivity contribution is -0.127. The summed E-state index contributed by atoms with van der Waals surface area (Å²) in [6.45, 7) is 8.40. The molecule has 1 fully saturated rings. The molecule has 2 aliphatic heterocycles. The first-order valence-electron chi connectivity index (χ1n) is 10.9. The minimum Gasteiger partial charge on any atom is -0.487 e. The number of halogens is 1. The number of nitrogens with one attached hydrogen (secondary N) is 1. The third kappa shape index (κ3) is 4.67. The van der Waals surface area contributed by atoms with Crippen molar-refractivity contribution >= 4 is 5.91 Å². The number of carbonyl (C=O) groups excluding carboxylic acids is 1. The SMILES string of the molecule is Cc1ccc2c(c1)[C@@H](NC(=O)C1CCN(Cc3ccccc3F)CC1)CC(C)(C)O2. The van der Waals surface area contributed by atoms with Gasteiger partial charge in [0, 0.05) is 30.0 Å². The van der Waals surface area contributed by atoms with Crippen LogP contribution in [0.3, 0.4) is 0 Å². The van der Waals surface area contributed by atoms with Gasteiger partial charge in [0.1, 0.15) is 17.2 Å². The van der Waals surface area contributed by atoms with Crippen molar-refractivity contribution in [2.75, 3.05) is 13.1 Å². The number of aryl methyl sites for hydroxylation is 1. The fourth-order valence-electron chi connectivity index (χ4n) is 4.61. The minimum atomic E-state index is -0.316. The molecule has 4 rings (SSSR count). The molecule has 0 aliphatic carbocycles. The van der Waals surface area contributed by atoms with E-state index in [0.717, 1.165) is 54.8 Å². The molecule has 0 bridgehead atoms. The summed E-state index contributed by atoms with van der Waals surface area (Å²) in [5.41, 5.74) is 2.64. The number of likely N-dealkylation sites (tertiary alicyclic amines) is 1. The molecule has 1 amide bonds. The first kappa shape index (κ1) is 20.9. The Kier molecular flexibility index (Phi) is 5.83. The lowest BCUT2D eigenvalue weighted by atomic mass is 9.88. The number of benzene rings is 2. The zero-order valence-electron chi connectivity index (χ0n) is 18.1. The smallest absolute Gasteiger partial charge is 0.223 e. The van der Waals surface area contributed by atoms with Crippen molar-refractivity contribution in [3.05, 3.63) is 65.0 Å². The Morgan fingerprint density at radius 3 is 2.67 bits per heavy atom. The first-order valence-corrected chi connectivity index (χ1v) is 10.9. The standard InChI is InChI=1S/C25H31FN2O2/c1-17-8-9-23-20(14-17)22(15-25(2,3)30-23)27-24(29)18-10-12-28(13-11-18)16-19-6-4-5-7-21(19)26/h4-9,14,18,22H,10-13,15-16H2,1-3H3,(H,27,29)/t22-/m0/s1. The quantitative estimate of drug-likeness (QED) is 0.790. The Balaban J connectivity index is 1.37. The van der Waals surface area contributed by atoms with Crippen LogP contribution in [-0.4, -0.2) is 29.5 Å². The van der Waals surface area contributed by atoms with Crippen LogP contribution in [0.4, 0.5) is 4.39 Å². The van der Waals surface area contributed by atoms with Crippen molar-refractivity contribution in [2.24, 2.45) is 5.92 Å². The average Bonchev–Trinajstić information content (AvgIpc) is 2.70. The average molecular weight is 411 g/mol. The molecular weight excluding hydrogens is 379 g/mol. The van der Waals surface area contributed by atoms with Crippen molar-refractivity contribution in [3.63, 3.8) is 0 Å². The molecule has 30 heavy (non-hydrogen) atoms. The highest BCUT2D eigenvalue weighted by atomic mass is 19.1. The van der Waals surface area contributed by atoms with Gasteiger partial charge in [0.15, 0.2) is 0 Å². The van der Waals surface area contributed by atoms with Crippen molar-refractivity contribution in [1.29, 1.82) is 0 Å². The van der Waals surface area contributed by atoms with Gasteiger partial charge >= 0.3 is 0 Å². The van der Waals surface area contributed by atoms with Gasteiger partial charge in [0.05, 0.1) is 6.04 Å². The molecule has 2 aliphatic rings. The second-order valence-corrected chi connectivity index (χ2v) is 9.31. The van der Waals surface area contributed by atoms with Crippen LogP contribution in [0.15, 0.2) is 42.5 Å². The molecule has 2 aromatic rings. The van der Waals surface area contributed by atoms with Gasteiger partial charge < -0.3 is 10.1 Å². The van der Waals surface area contributed by atoms with Gasteiger partial charge in [-0.25, -0.2) is 4.39 Å². The van der Waals surface area contributed by atoms with E-state index in [4.69, 9.17) is 4.74 Å². The van der Waals surface area contributed by atoms with Crippen molar-refractivity contribution in [3.8, 4) is 5.75 Å². The normalized spacial score (nSPS) is 21.5. The number of amides is 1. The Hall–Kier alpha value is -2.40. The van der Waals surface area contributed by atoms with Crippen LogP contribution in [0.5, 0.6) is 5.75 Å². The Bertz CT molecular complexity index is 919. The van der Waals surface area contributed by atoms with Gasteiger partial charge in [-0.2, -0.15) is 0 Å². The van der Waals surface area contributed by atoms with E-state index in [1.807, 2.05) is 24.3 Å². The fraction of sp³-hybridized carbons (Fsp3) is 0.480. The lowest BCUT2D eigenvalue weighted by Crippen LogP contribution is -2.45. The van der Waals surface area contributed by atoms with Crippen LogP contribution in [-0.2, 0) is 11.3 Å². The van der Waals surface area contributed by atoms with Crippen LogP contribution in [0.25, 0.3) is 0 Å². The van der Waals surface area contributed by atoms with Crippen LogP contribution in [0.2, 0.25) is 0 Å². The van der Waals surface area contributed by atoms with Crippen molar-refractivity contribution < 1.29 is 13.9 Å². The van der Waals surface area contributed by atoms with E-state index in [1.165, 1.54) is 6.07 Å². The zero-order chi connectivity index (χ0) is 21.3. The molecular formula is C25H31FN2O2. The van der Waals surface area contributed by atoms with Crippen LogP contribution >= 0.6 is 0 Å². The number of hydrogen-bond donors (Lipinski definition) is 1. The molecule has 0 radical (unpaired) electrons. The maximum atomic E-state index is 13.9. The van der Waals surface area contributed by atoms with Crippen LogP contribution < -0.4 is 10.1 Å². The number of nitrogens with zero attached hydrogens (tertiary/aromatic N) is 1. The molecule has 0 unspecified atom stereocenters. The van der Waals surface area contributed by atoms with Gasteiger partial charge in [-0.3, -0.25) is 9.69 Å². The number of fused-ring (bicyclic) bond motifs is 1. The molecule has 0 saturated carbocycles. The third-order valence-electron chi connectivity index (χ3n) is 6.25. The predicted molar refractivity (Wildman–Crippen MR) is 116 cm³/mol. The summed E-state index contributed by atoms with van der Waals surface area (Å²) in [5.74, 6) is 0.826. The van der Waals surface area contributed by atoms with Crippen molar-refractivity contribution in [2.45, 2.75) is 58.2 Å². The highest BCUT2D eigenvalue weighted by molar-refractivity contribution is 5.79. The number of ether oxygens (including phenoxy) is 1. The first-order chi connectivity index (χ1) is 14.3. The summed E-state index contributed by atoms with van der Waals surface area (Å²) in [6, 6.07) is 13.1. The molecule has 5 heteroatoms. The van der Waals surface area contributed by atoms with E-state index in [2.05, 4.69) is 37.1 Å². The molecule has 0 spiro atoms. The van der Waals surface area contributed by atoms with E-state index in [0.29, 0.717) is 6.54 Å². The summed E-state index contributed by atoms with van der Waals surface area (Å²) >= 11 is 0. The summed E-state index contributed by atoms with van der Waals surface area (Å²) < 4.78 is 20.0. The molecule has 2 aromatic carbocycles. The Morgan fingerprint density at radius 2 is 1.93 bits per heavy atom. The topological polar surface area (TPSA) is 41.6 Å². The number of hydrogen-bond acceptors (Lipinski definition) is 3. The Labute approximate surface area is 178 Å². The van der Waals surface area contributed by atoms with Crippen LogP contribution in [0.1, 0.15) is 55.8 Å². The molecule has 1 atom stereocenters. The highest BCUT2D eigenvalue weighted by Crippen LogP contribution is 2.40. The molecule has 1 N–H and O–H groups in total. The molecule has 1 saturated heterocycles. The maximum absolute atomic E-state index is 13.9. The highest BCUT2D eigenvalue weighted by Gasteiger charge is 2.36. The zero-order valence-corrected chi connectivity index (χ0v) is 18.1. The van der Waals surface area contributed by atoms with Gasteiger partial charge in [-0.15, -0.1) is 0 Å². The van der Waals surface area contributed by atoms with Crippen LogP contribution in [0, 0.1) is 18.7 Å². The van der Waals surface area contributed by atoms with Gasteiger partial charge in [-0.05, 0) is 58.8 Å². The molecule has 0 aromatic heterocycles. The predicted octanol–water partition coefficient (Wildman–Crippen LogP) is 4.76. The maximum Gasteiger partial charge on any atom is 0.223 e. The fourth-order valence-corrected chi connectivity index (χ4v) is 4.61.